The molecule has 3 N–H and O–H groups in total. The van der Waals surface area contributed by atoms with Gasteiger partial charge in [0.2, 0.25) is 0 Å². The van der Waals surface area contributed by atoms with Crippen molar-refractivity contribution in [1.82, 2.24) is 29.9 Å². The Morgan fingerprint density at radius 1 is 0.933 bits per heavy atom. The van der Waals surface area contributed by atoms with E-state index in [4.69, 9.17) is 0 Å². The zero-order valence-electron chi connectivity index (χ0n) is 15.3. The lowest BCUT2D eigenvalue weighted by molar-refractivity contribution is 0.102. The summed E-state index contributed by atoms with van der Waals surface area (Å²) in [6.45, 7) is 0. The molecule has 0 saturated carbocycles. The average molecular weight is 399 g/mol. The summed E-state index contributed by atoms with van der Waals surface area (Å²) >= 11 is 0. The molecule has 3 aromatic heterocycles. The standard InChI is InChI=1S/C20H13N7O3/c28-18-15-9-23-27(17(15)21-10-22-18)12-7-5-11(6-8-12)24-20(30)16-13-3-1-2-4-14(13)19(29)26-25-16/h1-10H,(H,24,30)(H,26,29)(H,21,22,28). The van der Waals surface area contributed by atoms with E-state index in [0.29, 0.717) is 33.2 Å². The highest BCUT2D eigenvalue weighted by Crippen LogP contribution is 2.18. The second-order valence-corrected chi connectivity index (χ2v) is 6.47. The van der Waals surface area contributed by atoms with Gasteiger partial charge < -0.3 is 10.3 Å². The van der Waals surface area contributed by atoms with Crippen LogP contribution in [0.1, 0.15) is 10.5 Å². The minimum Gasteiger partial charge on any atom is -0.321 e. The lowest BCUT2D eigenvalue weighted by Gasteiger charge is -2.08. The van der Waals surface area contributed by atoms with Gasteiger partial charge in [0.1, 0.15) is 5.39 Å². The van der Waals surface area contributed by atoms with E-state index in [9.17, 15) is 14.4 Å². The fourth-order valence-corrected chi connectivity index (χ4v) is 3.21. The van der Waals surface area contributed by atoms with E-state index >= 15 is 0 Å². The molecule has 1 amide bonds. The highest BCUT2D eigenvalue weighted by molar-refractivity contribution is 6.11. The first kappa shape index (κ1) is 17.5. The smallest absolute Gasteiger partial charge is 0.276 e. The fourth-order valence-electron chi connectivity index (χ4n) is 3.21. The lowest BCUT2D eigenvalue weighted by atomic mass is 10.1. The molecule has 5 aromatic rings. The molecule has 0 aliphatic carbocycles. The summed E-state index contributed by atoms with van der Waals surface area (Å²) < 4.78 is 1.53. The number of rotatable bonds is 3. The average Bonchev–Trinajstić information content (AvgIpc) is 3.20. The summed E-state index contributed by atoms with van der Waals surface area (Å²) in [6.07, 6.45) is 2.77. The molecule has 0 aliphatic rings. The predicted octanol–water partition coefficient (Wildman–Crippen LogP) is 1.60. The second-order valence-electron chi connectivity index (χ2n) is 6.47. The Bertz CT molecular complexity index is 1530. The first-order valence-electron chi connectivity index (χ1n) is 8.92. The van der Waals surface area contributed by atoms with Crippen LogP contribution in [0.15, 0.2) is 70.6 Å². The SMILES string of the molecule is O=C(Nc1ccc(-n2ncc3c(=O)[nH]cnc32)cc1)c1n[nH]c(=O)c2ccccc12. The van der Waals surface area contributed by atoms with Crippen molar-refractivity contribution in [1.29, 1.82) is 0 Å². The molecule has 0 aliphatic heterocycles. The number of amides is 1. The van der Waals surface area contributed by atoms with Crippen molar-refractivity contribution in [2.24, 2.45) is 0 Å². The number of anilines is 1. The third kappa shape index (κ3) is 2.83. The first-order valence-corrected chi connectivity index (χ1v) is 8.92. The van der Waals surface area contributed by atoms with Gasteiger partial charge in [-0.05, 0) is 30.3 Å². The minimum atomic E-state index is -0.451. The normalized spacial score (nSPS) is 11.1. The number of nitrogens with zero attached hydrogens (tertiary/aromatic N) is 4. The molecule has 0 bridgehead atoms. The lowest BCUT2D eigenvalue weighted by Crippen LogP contribution is -2.19. The number of hydrogen-bond acceptors (Lipinski definition) is 6. The van der Waals surface area contributed by atoms with E-state index in [1.54, 1.807) is 48.5 Å². The summed E-state index contributed by atoms with van der Waals surface area (Å²) in [5, 5.41) is 14.5. The third-order valence-electron chi connectivity index (χ3n) is 4.65. The molecule has 0 unspecified atom stereocenters. The van der Waals surface area contributed by atoms with Gasteiger partial charge in [-0.15, -0.1) is 0 Å². The molecule has 10 heteroatoms. The van der Waals surface area contributed by atoms with Crippen molar-refractivity contribution < 1.29 is 4.79 Å². The van der Waals surface area contributed by atoms with Gasteiger partial charge in [0, 0.05) is 11.1 Å². The van der Waals surface area contributed by atoms with Gasteiger partial charge in [-0.2, -0.15) is 10.2 Å². The van der Waals surface area contributed by atoms with Crippen LogP contribution in [0.25, 0.3) is 27.5 Å². The molecule has 0 fully saturated rings. The van der Waals surface area contributed by atoms with Crippen LogP contribution >= 0.6 is 0 Å². The molecule has 3 heterocycles. The molecule has 0 saturated heterocycles. The van der Waals surface area contributed by atoms with Crippen LogP contribution in [0.5, 0.6) is 0 Å². The molecular formula is C20H13N7O3. The molecule has 10 nitrogen and oxygen atoms in total. The predicted molar refractivity (Wildman–Crippen MR) is 110 cm³/mol. The maximum absolute atomic E-state index is 12.7. The zero-order chi connectivity index (χ0) is 20.7. The number of aromatic amines is 2. The monoisotopic (exact) mass is 399 g/mol. The quantitative estimate of drug-likeness (QED) is 0.421. The zero-order valence-corrected chi connectivity index (χ0v) is 15.3. The van der Waals surface area contributed by atoms with E-state index < -0.39 is 5.91 Å². The number of carbonyl (C=O) groups is 1. The number of fused-ring (bicyclic) bond motifs is 2. The second kappa shape index (κ2) is 6.78. The summed E-state index contributed by atoms with van der Waals surface area (Å²) in [4.78, 5) is 43.1. The Morgan fingerprint density at radius 2 is 1.70 bits per heavy atom. The largest absolute Gasteiger partial charge is 0.321 e. The van der Waals surface area contributed by atoms with Crippen molar-refractivity contribution in [3.05, 3.63) is 87.5 Å². The van der Waals surface area contributed by atoms with E-state index in [-0.39, 0.29) is 16.8 Å². The van der Waals surface area contributed by atoms with Crippen molar-refractivity contribution in [2.45, 2.75) is 0 Å². The van der Waals surface area contributed by atoms with Crippen LogP contribution in [0.2, 0.25) is 0 Å². The molecule has 5 rings (SSSR count). The fraction of sp³-hybridized carbons (Fsp3) is 0. The topological polar surface area (TPSA) is 138 Å². The molecular weight excluding hydrogens is 386 g/mol. The number of aromatic nitrogens is 6. The van der Waals surface area contributed by atoms with Gasteiger partial charge in [0.05, 0.1) is 23.6 Å². The van der Waals surface area contributed by atoms with Crippen LogP contribution in [-0.4, -0.2) is 35.9 Å². The van der Waals surface area contributed by atoms with Gasteiger partial charge in [0.25, 0.3) is 17.0 Å². The Morgan fingerprint density at radius 3 is 2.50 bits per heavy atom. The Labute approximate surface area is 167 Å². The van der Waals surface area contributed by atoms with Crippen LogP contribution in [0, 0.1) is 0 Å². The number of carbonyl (C=O) groups excluding carboxylic acids is 1. The van der Waals surface area contributed by atoms with Crippen molar-refractivity contribution in [3.8, 4) is 5.69 Å². The summed E-state index contributed by atoms with van der Waals surface area (Å²) in [6, 6.07) is 13.6. The van der Waals surface area contributed by atoms with Gasteiger partial charge >= 0.3 is 0 Å². The van der Waals surface area contributed by atoms with E-state index in [1.165, 1.54) is 17.2 Å². The molecule has 2 aromatic carbocycles. The third-order valence-corrected chi connectivity index (χ3v) is 4.65. The highest BCUT2D eigenvalue weighted by Gasteiger charge is 2.14. The number of nitrogens with one attached hydrogen (secondary N) is 3. The van der Waals surface area contributed by atoms with Crippen LogP contribution < -0.4 is 16.4 Å². The molecule has 0 atom stereocenters. The molecule has 0 spiro atoms. The maximum atomic E-state index is 12.7. The molecule has 146 valence electrons. The van der Waals surface area contributed by atoms with E-state index in [1.807, 2.05) is 0 Å². The number of benzene rings is 2. The number of H-pyrrole nitrogens is 2. The van der Waals surface area contributed by atoms with Crippen molar-refractivity contribution >= 4 is 33.4 Å². The van der Waals surface area contributed by atoms with Crippen molar-refractivity contribution in [3.63, 3.8) is 0 Å². The Balaban J connectivity index is 1.45. The van der Waals surface area contributed by atoms with E-state index in [0.717, 1.165) is 0 Å². The van der Waals surface area contributed by atoms with Gasteiger partial charge in [0.15, 0.2) is 11.3 Å². The van der Waals surface area contributed by atoms with Gasteiger partial charge in [-0.25, -0.2) is 14.8 Å². The van der Waals surface area contributed by atoms with Crippen LogP contribution in [0.3, 0.4) is 0 Å². The summed E-state index contributed by atoms with van der Waals surface area (Å²) in [5.74, 6) is -0.451. The maximum Gasteiger partial charge on any atom is 0.276 e. The van der Waals surface area contributed by atoms with E-state index in [2.05, 4.69) is 30.6 Å². The Kier molecular flexibility index (Phi) is 3.95. The Hall–Kier alpha value is -4.60. The summed E-state index contributed by atoms with van der Waals surface area (Å²) in [5.41, 5.74) is 1.13. The van der Waals surface area contributed by atoms with Gasteiger partial charge in [-0.1, -0.05) is 18.2 Å². The number of hydrogen-bond donors (Lipinski definition) is 3. The highest BCUT2D eigenvalue weighted by atomic mass is 16.2. The molecule has 0 radical (unpaired) electrons. The van der Waals surface area contributed by atoms with Gasteiger partial charge in [-0.3, -0.25) is 14.4 Å². The van der Waals surface area contributed by atoms with Crippen LogP contribution in [0.4, 0.5) is 5.69 Å². The van der Waals surface area contributed by atoms with Crippen LogP contribution in [-0.2, 0) is 0 Å². The van der Waals surface area contributed by atoms with Crippen molar-refractivity contribution in [2.75, 3.05) is 5.32 Å². The molecule has 30 heavy (non-hydrogen) atoms. The minimum absolute atomic E-state index is 0.121. The summed E-state index contributed by atoms with van der Waals surface area (Å²) in [7, 11) is 0. The first-order chi connectivity index (χ1) is 14.6.